The molecule has 8 N–H and O–H groups in total. The zero-order valence-electron chi connectivity index (χ0n) is 28.8. The van der Waals surface area contributed by atoms with Gasteiger partial charge in [-0.2, -0.15) is 0 Å². The number of hydrogen-bond acceptors (Lipinski definition) is 10. The summed E-state index contributed by atoms with van der Waals surface area (Å²) in [5, 5.41) is 51.3. The Bertz CT molecular complexity index is 2150. The van der Waals surface area contributed by atoms with Crippen LogP contribution in [0.3, 0.4) is 0 Å². The number of amides is 3. The van der Waals surface area contributed by atoms with Gasteiger partial charge in [0.15, 0.2) is 11.4 Å². The van der Waals surface area contributed by atoms with E-state index in [2.05, 4.69) is 15.4 Å². The lowest BCUT2D eigenvalue weighted by molar-refractivity contribution is -0.274. The van der Waals surface area contributed by atoms with Gasteiger partial charge in [0.25, 0.3) is 5.91 Å². The Hall–Kier alpha value is -5.87. The molecule has 3 aliphatic carbocycles. The quantitative estimate of drug-likeness (QED) is 0.169. The number of phenols is 1. The molecule has 3 amide bonds. The maximum atomic E-state index is 14.5. The summed E-state index contributed by atoms with van der Waals surface area (Å²) in [6.45, 7) is 3.13. The summed E-state index contributed by atoms with van der Waals surface area (Å²) in [4.78, 5) is 54.5. The lowest BCUT2D eigenvalue weighted by Gasteiger charge is -2.59. The summed E-state index contributed by atoms with van der Waals surface area (Å²) in [6.07, 6.45) is -4.97. The van der Waals surface area contributed by atoms with Gasteiger partial charge in [0.2, 0.25) is 5.78 Å². The SMILES string of the molecule is CN(C)[C@@H]1C(=O)C(C(N)=O)=C(O)[C@@]2(O)C(=O)C3=C(O)c4c(O)ccc(-c5ccc(NC(=O)Nc6ccc(OC(F)(F)F)cc6)cc5)c4C[C@@]3(C)C[C@@]12C. The Morgan fingerprint density at radius 2 is 1.49 bits per heavy atom. The number of rotatable bonds is 6. The average molecular weight is 737 g/mol. The number of likely N-dealkylation sites (N-methyl/N-ethyl adjacent to an activating group) is 1. The number of aliphatic hydroxyl groups is 3. The number of benzene rings is 3. The number of phenolic OH excluding ortho intramolecular Hbond substituents is 1. The van der Waals surface area contributed by atoms with Crippen molar-refractivity contribution in [1.29, 1.82) is 0 Å². The maximum Gasteiger partial charge on any atom is 0.573 e. The van der Waals surface area contributed by atoms with Crippen LogP contribution in [0.1, 0.15) is 31.4 Å². The fraction of sp³-hybridized carbons (Fsp3) is 0.297. The zero-order valence-corrected chi connectivity index (χ0v) is 28.8. The number of ketones is 2. The number of anilines is 2. The molecule has 1 fully saturated rings. The molecule has 0 aliphatic heterocycles. The minimum absolute atomic E-state index is 0.0274. The van der Waals surface area contributed by atoms with Gasteiger partial charge >= 0.3 is 12.4 Å². The van der Waals surface area contributed by atoms with E-state index in [1.54, 1.807) is 37.3 Å². The number of primary amides is 1. The van der Waals surface area contributed by atoms with E-state index in [9.17, 15) is 52.8 Å². The van der Waals surface area contributed by atoms with Crippen LogP contribution in [0.2, 0.25) is 0 Å². The number of alkyl halides is 3. The first-order valence-corrected chi connectivity index (χ1v) is 16.2. The number of nitrogens with one attached hydrogen (secondary N) is 2. The third-order valence-electron chi connectivity index (χ3n) is 10.3. The van der Waals surface area contributed by atoms with Crippen molar-refractivity contribution in [3.05, 3.63) is 88.7 Å². The molecule has 3 aromatic carbocycles. The number of aromatic hydroxyl groups is 1. The second-order valence-corrected chi connectivity index (χ2v) is 14.1. The molecule has 6 rings (SSSR count). The van der Waals surface area contributed by atoms with Gasteiger partial charge in [-0.05, 0) is 86.1 Å². The highest BCUT2D eigenvalue weighted by molar-refractivity contribution is 6.25. The second kappa shape index (κ2) is 12.4. The van der Waals surface area contributed by atoms with Gasteiger partial charge in [-0.1, -0.05) is 32.0 Å². The summed E-state index contributed by atoms with van der Waals surface area (Å²) in [6, 6.07) is 12.0. The number of fused-ring (bicyclic) bond motifs is 3. The van der Waals surface area contributed by atoms with Gasteiger partial charge in [-0.15, -0.1) is 13.2 Å². The van der Waals surface area contributed by atoms with Crippen LogP contribution in [-0.4, -0.2) is 80.9 Å². The fourth-order valence-corrected chi connectivity index (χ4v) is 8.36. The molecule has 0 spiro atoms. The molecular formula is C37H35F3N4O9. The number of Topliss-reactive ketones (excluding diaryl/α,β-unsaturated/α-hetero) is 2. The number of ether oxygens (including phenoxy) is 1. The summed E-state index contributed by atoms with van der Waals surface area (Å²) >= 11 is 0. The van der Waals surface area contributed by atoms with Crippen LogP contribution in [0.4, 0.5) is 29.3 Å². The molecule has 13 nitrogen and oxygen atoms in total. The lowest BCUT2D eigenvalue weighted by atomic mass is 9.46. The standard InChI is InChI=1S/C37H35F3N4O9/c1-34-15-22-21(17-5-7-18(8-6-17)42-33(51)43-19-9-11-20(12-10-19)53-37(38,39)40)13-14-23(45)24(22)27(46)26(34)31(49)36(52)30(48)25(32(41)50)28(47)29(44(3)4)35(36,2)16-34/h5-14,29,45-46,48,52H,15-16H2,1-4H3,(H2,41,50)(H2,42,43,51)/t29-,34+,35+,36-/m1/s1. The molecule has 0 unspecified atom stereocenters. The zero-order chi connectivity index (χ0) is 39.0. The first kappa shape index (κ1) is 36.9. The van der Waals surface area contributed by atoms with Crippen LogP contribution < -0.4 is 21.1 Å². The van der Waals surface area contributed by atoms with Gasteiger partial charge < -0.3 is 41.5 Å². The normalized spacial score (nSPS) is 25.4. The predicted molar refractivity (Wildman–Crippen MR) is 185 cm³/mol. The van der Waals surface area contributed by atoms with Gasteiger partial charge in [0.1, 0.15) is 28.6 Å². The fourth-order valence-electron chi connectivity index (χ4n) is 8.36. The molecule has 53 heavy (non-hydrogen) atoms. The van der Waals surface area contributed by atoms with Crippen LogP contribution in [0.5, 0.6) is 11.5 Å². The Balaban J connectivity index is 1.34. The predicted octanol–water partition coefficient (Wildman–Crippen LogP) is 4.95. The van der Waals surface area contributed by atoms with Gasteiger partial charge in [0, 0.05) is 27.8 Å². The largest absolute Gasteiger partial charge is 0.573 e. The molecule has 16 heteroatoms. The van der Waals surface area contributed by atoms with Crippen LogP contribution >= 0.6 is 0 Å². The number of carbonyl (C=O) groups is 4. The molecule has 278 valence electrons. The molecular weight excluding hydrogens is 701 g/mol. The number of nitrogens with two attached hydrogens (primary N) is 1. The van der Waals surface area contributed by atoms with E-state index in [4.69, 9.17) is 5.73 Å². The minimum Gasteiger partial charge on any atom is -0.508 e. The summed E-state index contributed by atoms with van der Waals surface area (Å²) in [5.74, 6) is -6.01. The van der Waals surface area contributed by atoms with Crippen LogP contribution in [-0.2, 0) is 20.8 Å². The second-order valence-electron chi connectivity index (χ2n) is 14.1. The number of halogens is 3. The Morgan fingerprint density at radius 3 is 2.02 bits per heavy atom. The van der Waals surface area contributed by atoms with E-state index in [1.807, 2.05) is 0 Å². The topological polar surface area (TPSA) is 212 Å². The Kier molecular flexibility index (Phi) is 8.62. The highest BCUT2D eigenvalue weighted by Crippen LogP contribution is 2.63. The Labute approximate surface area is 300 Å². The summed E-state index contributed by atoms with van der Waals surface area (Å²) < 4.78 is 41.1. The molecule has 0 radical (unpaired) electrons. The van der Waals surface area contributed by atoms with Crippen molar-refractivity contribution in [1.82, 2.24) is 4.90 Å². The van der Waals surface area contributed by atoms with E-state index >= 15 is 0 Å². The minimum atomic E-state index is -4.86. The monoisotopic (exact) mass is 736 g/mol. The number of urea groups is 1. The molecule has 0 saturated heterocycles. The molecule has 3 aromatic rings. The molecule has 0 heterocycles. The summed E-state index contributed by atoms with van der Waals surface area (Å²) in [5.41, 5.74) is 0.417. The van der Waals surface area contributed by atoms with E-state index in [0.717, 1.165) is 12.1 Å². The molecule has 3 aliphatic rings. The molecule has 0 bridgehead atoms. The smallest absolute Gasteiger partial charge is 0.508 e. The highest BCUT2D eigenvalue weighted by atomic mass is 19.4. The van der Waals surface area contributed by atoms with Crippen LogP contribution in [0.25, 0.3) is 16.9 Å². The molecule has 4 atom stereocenters. The number of carbonyl (C=O) groups excluding carboxylic acids is 4. The Morgan fingerprint density at radius 1 is 0.925 bits per heavy atom. The number of nitrogens with zero attached hydrogens (tertiary/aromatic N) is 1. The first-order chi connectivity index (χ1) is 24.6. The van der Waals surface area contributed by atoms with Gasteiger partial charge in [-0.3, -0.25) is 19.3 Å². The van der Waals surface area contributed by atoms with Crippen molar-refractivity contribution in [2.45, 2.75) is 44.7 Å². The van der Waals surface area contributed by atoms with Crippen molar-refractivity contribution in [3.8, 4) is 22.6 Å². The van der Waals surface area contributed by atoms with Crippen LogP contribution in [0, 0.1) is 10.8 Å². The van der Waals surface area contributed by atoms with Crippen molar-refractivity contribution >= 4 is 40.6 Å². The van der Waals surface area contributed by atoms with Crippen molar-refractivity contribution < 1.29 is 57.5 Å². The van der Waals surface area contributed by atoms with Crippen molar-refractivity contribution in [2.24, 2.45) is 16.6 Å². The van der Waals surface area contributed by atoms with Crippen molar-refractivity contribution in [3.63, 3.8) is 0 Å². The maximum absolute atomic E-state index is 14.5. The van der Waals surface area contributed by atoms with Crippen LogP contribution in [0.15, 0.2) is 77.6 Å². The van der Waals surface area contributed by atoms with E-state index < -0.39 is 75.2 Å². The lowest BCUT2D eigenvalue weighted by Crippen LogP contribution is -2.72. The van der Waals surface area contributed by atoms with Crippen molar-refractivity contribution in [2.75, 3.05) is 24.7 Å². The number of aliphatic hydroxyl groups excluding tert-OH is 2. The third-order valence-corrected chi connectivity index (χ3v) is 10.3. The number of hydrogen-bond donors (Lipinski definition) is 7. The van der Waals surface area contributed by atoms with Gasteiger partial charge in [-0.25, -0.2) is 4.79 Å². The first-order valence-electron chi connectivity index (χ1n) is 16.2. The average Bonchev–Trinajstić information content (AvgIpc) is 3.03. The third kappa shape index (κ3) is 5.83. The highest BCUT2D eigenvalue weighted by Gasteiger charge is 2.72. The van der Waals surface area contributed by atoms with E-state index in [0.29, 0.717) is 22.4 Å². The van der Waals surface area contributed by atoms with Gasteiger partial charge in [0.05, 0.1) is 11.6 Å². The molecule has 1 saturated carbocycles. The van der Waals surface area contributed by atoms with E-state index in [-0.39, 0.29) is 35.4 Å². The summed E-state index contributed by atoms with van der Waals surface area (Å²) in [7, 11) is 3.04. The molecule has 0 aromatic heterocycles. The van der Waals surface area contributed by atoms with E-state index in [1.165, 1.54) is 44.1 Å².